The van der Waals surface area contributed by atoms with Crippen molar-refractivity contribution in [2.75, 3.05) is 26.2 Å². The molecule has 4 rings (SSSR count). The van der Waals surface area contributed by atoms with E-state index >= 15 is 0 Å². The van der Waals surface area contributed by atoms with Crippen LogP contribution in [0.4, 0.5) is 0 Å². The van der Waals surface area contributed by atoms with Crippen molar-refractivity contribution in [2.24, 2.45) is 0 Å². The summed E-state index contributed by atoms with van der Waals surface area (Å²) in [6.07, 6.45) is 8.37. The Morgan fingerprint density at radius 3 is 2.22 bits per heavy atom. The summed E-state index contributed by atoms with van der Waals surface area (Å²) in [5.41, 5.74) is 2.80. The molecule has 1 unspecified atom stereocenters. The van der Waals surface area contributed by atoms with Gasteiger partial charge in [0.15, 0.2) is 0 Å². The Kier molecular flexibility index (Phi) is 5.16. The molecule has 136 valence electrons. The van der Waals surface area contributed by atoms with Crippen LogP contribution in [0.3, 0.4) is 0 Å². The topological polar surface area (TPSA) is 62.2 Å². The third-order valence-corrected chi connectivity index (χ3v) is 4.86. The van der Waals surface area contributed by atoms with Crippen LogP contribution >= 0.6 is 0 Å². The lowest BCUT2D eigenvalue weighted by atomic mass is 9.97. The van der Waals surface area contributed by atoms with Crippen molar-refractivity contribution in [3.05, 3.63) is 90.3 Å². The molecule has 3 aromatic rings. The second-order valence-corrected chi connectivity index (χ2v) is 6.52. The number of piperazine rings is 1. The van der Waals surface area contributed by atoms with Crippen LogP contribution < -0.4 is 0 Å². The Morgan fingerprint density at radius 1 is 0.815 bits per heavy atom. The maximum atomic E-state index is 12.6. The first-order chi connectivity index (χ1) is 13.3. The number of nitrogens with zero attached hydrogens (tertiary/aromatic N) is 5. The standard InChI is InChI=1S/C21H21N5O/c27-21(19-16-23-9-10-24-19)26-13-11-25(12-14-26)20(17-5-2-1-3-6-17)18-7-4-8-22-15-18/h1-10,15-16,20H,11-14H2. The number of aromatic nitrogens is 3. The number of amides is 1. The Hall–Kier alpha value is -3.12. The van der Waals surface area contributed by atoms with Crippen LogP contribution in [0.25, 0.3) is 0 Å². The molecule has 3 heterocycles. The van der Waals surface area contributed by atoms with Crippen LogP contribution in [0.2, 0.25) is 0 Å². The van der Waals surface area contributed by atoms with Crippen molar-refractivity contribution < 1.29 is 4.79 Å². The van der Waals surface area contributed by atoms with Crippen molar-refractivity contribution in [2.45, 2.75) is 6.04 Å². The molecule has 0 spiro atoms. The minimum absolute atomic E-state index is 0.0552. The molecule has 1 aromatic carbocycles. The zero-order chi connectivity index (χ0) is 18.5. The Bertz CT molecular complexity index is 825. The van der Waals surface area contributed by atoms with Crippen molar-refractivity contribution in [1.82, 2.24) is 24.8 Å². The van der Waals surface area contributed by atoms with E-state index in [1.54, 1.807) is 18.6 Å². The van der Waals surface area contributed by atoms with Gasteiger partial charge >= 0.3 is 0 Å². The molecule has 1 aliphatic heterocycles. The first-order valence-corrected chi connectivity index (χ1v) is 9.07. The lowest BCUT2D eigenvalue weighted by Gasteiger charge is -2.39. The van der Waals surface area contributed by atoms with E-state index in [2.05, 4.69) is 50.2 Å². The number of hydrogen-bond acceptors (Lipinski definition) is 5. The summed E-state index contributed by atoms with van der Waals surface area (Å²) in [6.45, 7) is 2.92. The second-order valence-electron chi connectivity index (χ2n) is 6.52. The highest BCUT2D eigenvalue weighted by Gasteiger charge is 2.29. The predicted octanol–water partition coefficient (Wildman–Crippen LogP) is 2.42. The Morgan fingerprint density at radius 2 is 1.56 bits per heavy atom. The van der Waals surface area contributed by atoms with Gasteiger partial charge in [0.25, 0.3) is 5.91 Å². The van der Waals surface area contributed by atoms with Crippen LogP contribution in [0.1, 0.15) is 27.7 Å². The summed E-state index contributed by atoms with van der Waals surface area (Å²) in [7, 11) is 0. The molecule has 1 atom stereocenters. The smallest absolute Gasteiger partial charge is 0.274 e. The first-order valence-electron chi connectivity index (χ1n) is 9.07. The largest absolute Gasteiger partial charge is 0.335 e. The molecular formula is C21H21N5O. The molecule has 0 radical (unpaired) electrons. The molecule has 0 bridgehead atoms. The summed E-state index contributed by atoms with van der Waals surface area (Å²) in [5, 5.41) is 0. The van der Waals surface area contributed by atoms with Gasteiger partial charge in [-0.15, -0.1) is 0 Å². The number of carbonyl (C=O) groups is 1. The van der Waals surface area contributed by atoms with Gasteiger partial charge in [-0.1, -0.05) is 36.4 Å². The van der Waals surface area contributed by atoms with Crippen LogP contribution in [-0.2, 0) is 0 Å². The molecule has 0 saturated carbocycles. The molecule has 1 aliphatic rings. The minimum atomic E-state index is -0.0552. The van der Waals surface area contributed by atoms with Gasteiger partial charge < -0.3 is 4.90 Å². The zero-order valence-corrected chi connectivity index (χ0v) is 15.0. The molecule has 6 nitrogen and oxygen atoms in total. The van der Waals surface area contributed by atoms with Crippen LogP contribution in [0, 0.1) is 0 Å². The van der Waals surface area contributed by atoms with Gasteiger partial charge in [0, 0.05) is 51.0 Å². The molecule has 1 saturated heterocycles. The number of rotatable bonds is 4. The Labute approximate surface area is 158 Å². The van der Waals surface area contributed by atoms with Crippen molar-refractivity contribution in [3.63, 3.8) is 0 Å². The van der Waals surface area contributed by atoms with Crippen molar-refractivity contribution in [1.29, 1.82) is 0 Å². The van der Waals surface area contributed by atoms with Crippen molar-refractivity contribution in [3.8, 4) is 0 Å². The summed E-state index contributed by atoms with van der Waals surface area (Å²) in [4.78, 5) is 29.3. The number of pyridine rings is 1. The quantitative estimate of drug-likeness (QED) is 0.716. The average Bonchev–Trinajstić information content (AvgIpc) is 2.76. The normalized spacial score (nSPS) is 16.1. The Balaban J connectivity index is 1.51. The van der Waals surface area contributed by atoms with E-state index in [4.69, 9.17) is 0 Å². The first kappa shape index (κ1) is 17.3. The fourth-order valence-electron chi connectivity index (χ4n) is 3.54. The zero-order valence-electron chi connectivity index (χ0n) is 15.0. The molecule has 6 heteroatoms. The minimum Gasteiger partial charge on any atom is -0.335 e. The van der Waals surface area contributed by atoms with Crippen LogP contribution in [0.15, 0.2) is 73.4 Å². The third kappa shape index (κ3) is 3.85. The molecule has 0 N–H and O–H groups in total. The van der Waals surface area contributed by atoms with E-state index in [0.717, 1.165) is 18.7 Å². The van der Waals surface area contributed by atoms with E-state index in [9.17, 15) is 4.79 Å². The van der Waals surface area contributed by atoms with Gasteiger partial charge in [-0.3, -0.25) is 19.7 Å². The molecule has 27 heavy (non-hydrogen) atoms. The lowest BCUT2D eigenvalue weighted by Crippen LogP contribution is -2.50. The van der Waals surface area contributed by atoms with Gasteiger partial charge in [-0.05, 0) is 17.2 Å². The summed E-state index contributed by atoms with van der Waals surface area (Å²) >= 11 is 0. The molecule has 0 aliphatic carbocycles. The van der Waals surface area contributed by atoms with Gasteiger partial charge in [0.05, 0.1) is 12.2 Å². The number of carbonyl (C=O) groups excluding carboxylic acids is 1. The maximum Gasteiger partial charge on any atom is 0.274 e. The van der Waals surface area contributed by atoms with Gasteiger partial charge in [-0.2, -0.15) is 0 Å². The highest BCUT2D eigenvalue weighted by Crippen LogP contribution is 2.29. The summed E-state index contributed by atoms with van der Waals surface area (Å²) in [6, 6.07) is 14.7. The lowest BCUT2D eigenvalue weighted by molar-refractivity contribution is 0.0591. The van der Waals surface area contributed by atoms with E-state index in [1.807, 2.05) is 23.2 Å². The van der Waals surface area contributed by atoms with Gasteiger partial charge in [-0.25, -0.2) is 4.98 Å². The maximum absolute atomic E-state index is 12.6. The molecular weight excluding hydrogens is 338 g/mol. The van der Waals surface area contributed by atoms with Gasteiger partial charge in [0.1, 0.15) is 5.69 Å². The summed E-state index contributed by atoms with van der Waals surface area (Å²) in [5.74, 6) is -0.0552. The highest BCUT2D eigenvalue weighted by molar-refractivity contribution is 5.92. The van der Waals surface area contributed by atoms with E-state index in [-0.39, 0.29) is 11.9 Å². The molecule has 1 amide bonds. The fourth-order valence-corrected chi connectivity index (χ4v) is 3.54. The third-order valence-electron chi connectivity index (χ3n) is 4.86. The van der Waals surface area contributed by atoms with E-state index in [1.165, 1.54) is 11.8 Å². The molecule has 1 fully saturated rings. The summed E-state index contributed by atoms with van der Waals surface area (Å²) < 4.78 is 0. The highest BCUT2D eigenvalue weighted by atomic mass is 16.2. The van der Waals surface area contributed by atoms with Crippen molar-refractivity contribution >= 4 is 5.91 Å². The fraction of sp³-hybridized carbons (Fsp3) is 0.238. The predicted molar refractivity (Wildman–Crippen MR) is 102 cm³/mol. The SMILES string of the molecule is O=C(c1cnccn1)N1CCN(C(c2ccccc2)c2cccnc2)CC1. The van der Waals surface area contributed by atoms with Crippen LogP contribution in [0.5, 0.6) is 0 Å². The van der Waals surface area contributed by atoms with E-state index < -0.39 is 0 Å². The molecule has 2 aromatic heterocycles. The van der Waals surface area contributed by atoms with E-state index in [0.29, 0.717) is 18.8 Å². The van der Waals surface area contributed by atoms with Gasteiger partial charge in [0.2, 0.25) is 0 Å². The number of hydrogen-bond donors (Lipinski definition) is 0. The average molecular weight is 359 g/mol. The second kappa shape index (κ2) is 8.05. The van der Waals surface area contributed by atoms with Crippen LogP contribution in [-0.4, -0.2) is 56.8 Å². The number of benzene rings is 1. The monoisotopic (exact) mass is 359 g/mol.